The molecule has 3 nitrogen and oxygen atoms in total. The second-order valence-electron chi connectivity index (χ2n) is 7.95. The second-order valence-corrected chi connectivity index (χ2v) is 8.35. The molecule has 0 aliphatic rings. The van der Waals surface area contributed by atoms with Crippen molar-refractivity contribution in [2.45, 2.75) is 30.7 Å². The molecule has 0 heterocycles. The van der Waals surface area contributed by atoms with Gasteiger partial charge in [0.25, 0.3) is 0 Å². The molecular weight excluding hydrogens is 560 g/mol. The van der Waals surface area contributed by atoms with Crippen LogP contribution in [0, 0.1) is 5.82 Å². The summed E-state index contributed by atoms with van der Waals surface area (Å²) in [5, 5.41) is 11.0. The van der Waals surface area contributed by atoms with Crippen molar-refractivity contribution in [3.8, 4) is 11.5 Å². The summed E-state index contributed by atoms with van der Waals surface area (Å²) in [6.45, 7) is -1.22. The molecule has 0 spiro atoms. The zero-order valence-electron chi connectivity index (χ0n) is 18.6. The average Bonchev–Trinajstić information content (AvgIpc) is 2.79. The lowest BCUT2D eigenvalue weighted by Gasteiger charge is -2.24. The lowest BCUT2D eigenvalue weighted by atomic mass is 9.95. The Morgan fingerprint density at radius 2 is 1.47 bits per heavy atom. The quantitative estimate of drug-likeness (QED) is 0.281. The van der Waals surface area contributed by atoms with E-state index < -0.39 is 64.7 Å². The molecule has 0 amide bonds. The highest BCUT2D eigenvalue weighted by atomic mass is 35.5. The molecule has 2 unspecified atom stereocenters. The summed E-state index contributed by atoms with van der Waals surface area (Å²) in [4.78, 5) is 0. The van der Waals surface area contributed by atoms with Crippen LogP contribution >= 0.6 is 11.6 Å². The molecule has 0 aliphatic heterocycles. The summed E-state index contributed by atoms with van der Waals surface area (Å²) in [6, 6.07) is 7.07. The number of halogens is 11. The molecule has 2 N–H and O–H groups in total. The second kappa shape index (κ2) is 11.0. The van der Waals surface area contributed by atoms with E-state index >= 15 is 0 Å². The van der Waals surface area contributed by atoms with E-state index in [9.17, 15) is 49.0 Å². The van der Waals surface area contributed by atoms with E-state index in [0.717, 1.165) is 18.2 Å². The first-order chi connectivity index (χ1) is 17.5. The van der Waals surface area contributed by atoms with E-state index in [4.69, 9.17) is 16.3 Å². The van der Waals surface area contributed by atoms with E-state index in [1.165, 1.54) is 18.2 Å². The van der Waals surface area contributed by atoms with Crippen LogP contribution in [0.2, 0.25) is 5.02 Å². The Morgan fingerprint density at radius 1 is 0.816 bits per heavy atom. The Hall–Kier alpha value is -3.03. The highest BCUT2D eigenvalue weighted by molar-refractivity contribution is 6.31. The molecule has 2 atom stereocenters. The monoisotopic (exact) mass is 575 g/mol. The topological polar surface area (TPSA) is 41.5 Å². The van der Waals surface area contributed by atoms with Gasteiger partial charge in [-0.3, -0.25) is 0 Å². The lowest BCUT2D eigenvalue weighted by molar-refractivity contribution is -0.202. The molecule has 3 aromatic carbocycles. The molecule has 14 heteroatoms. The van der Waals surface area contributed by atoms with Crippen LogP contribution in [0.5, 0.6) is 11.5 Å². The number of aliphatic hydroxyl groups is 1. The zero-order chi connectivity index (χ0) is 28.5. The molecule has 0 aliphatic carbocycles. The summed E-state index contributed by atoms with van der Waals surface area (Å²) in [5.41, 5.74) is -3.30. The largest absolute Gasteiger partial charge is 0.457 e. The smallest absolute Gasteiger partial charge is 0.417 e. The molecule has 0 aromatic heterocycles. The van der Waals surface area contributed by atoms with Crippen LogP contribution in [0.15, 0.2) is 60.7 Å². The van der Waals surface area contributed by atoms with Crippen molar-refractivity contribution < 1.29 is 53.7 Å². The highest BCUT2D eigenvalue weighted by Crippen LogP contribution is 2.39. The third-order valence-electron chi connectivity index (χ3n) is 5.20. The number of rotatable bonds is 7. The van der Waals surface area contributed by atoms with Crippen molar-refractivity contribution in [2.75, 3.05) is 6.54 Å². The normalized spacial score (nSPS) is 14.3. The van der Waals surface area contributed by atoms with Crippen LogP contribution in [0.4, 0.5) is 43.9 Å². The fraction of sp³-hybridized carbons (Fsp3) is 0.250. The number of ether oxygens (including phenoxy) is 1. The van der Waals surface area contributed by atoms with Gasteiger partial charge in [-0.2, -0.15) is 39.5 Å². The van der Waals surface area contributed by atoms with Crippen LogP contribution in [0.1, 0.15) is 28.3 Å². The van der Waals surface area contributed by atoms with Gasteiger partial charge in [0.2, 0.25) is 0 Å². The van der Waals surface area contributed by atoms with E-state index in [1.807, 2.05) is 0 Å². The van der Waals surface area contributed by atoms with Crippen molar-refractivity contribution in [1.82, 2.24) is 5.32 Å². The molecule has 0 bridgehead atoms. The minimum Gasteiger partial charge on any atom is -0.457 e. The van der Waals surface area contributed by atoms with Crippen molar-refractivity contribution in [3.05, 3.63) is 93.8 Å². The van der Waals surface area contributed by atoms with Crippen LogP contribution < -0.4 is 10.1 Å². The number of benzene rings is 3. The highest BCUT2D eigenvalue weighted by Gasteiger charge is 2.39. The molecule has 0 saturated carbocycles. The van der Waals surface area contributed by atoms with Crippen LogP contribution in [0.25, 0.3) is 0 Å². The Balaban J connectivity index is 2.02. The Morgan fingerprint density at radius 3 is 2.08 bits per heavy atom. The fourth-order valence-corrected chi connectivity index (χ4v) is 3.60. The molecule has 0 saturated heterocycles. The molecule has 3 rings (SSSR count). The number of hydrogen-bond acceptors (Lipinski definition) is 3. The Labute approximate surface area is 213 Å². The number of nitrogens with one attached hydrogen (secondary N) is 1. The molecule has 3 aromatic rings. The Kier molecular flexibility index (Phi) is 8.54. The van der Waals surface area contributed by atoms with Gasteiger partial charge < -0.3 is 15.2 Å². The maximum absolute atomic E-state index is 14.7. The zero-order valence-corrected chi connectivity index (χ0v) is 19.4. The fourth-order valence-electron chi connectivity index (χ4n) is 3.37. The first kappa shape index (κ1) is 29.5. The van der Waals surface area contributed by atoms with Gasteiger partial charge in [0.1, 0.15) is 17.3 Å². The number of aliphatic hydroxyl groups excluding tert-OH is 1. The van der Waals surface area contributed by atoms with Crippen molar-refractivity contribution >= 4 is 11.6 Å². The van der Waals surface area contributed by atoms with Gasteiger partial charge in [0.15, 0.2) is 6.10 Å². The first-order valence-electron chi connectivity index (χ1n) is 10.5. The SMILES string of the molecule is OC(CNC(c1cccc(Oc2ccc(Cl)c(C(F)(F)F)c2)c1)c1cc(C(F)(F)F)ccc1F)C(F)(F)F. The maximum atomic E-state index is 14.7. The van der Waals surface area contributed by atoms with Crippen molar-refractivity contribution in [3.63, 3.8) is 0 Å². The van der Waals surface area contributed by atoms with Gasteiger partial charge >= 0.3 is 18.5 Å². The Bertz CT molecular complexity index is 1270. The van der Waals surface area contributed by atoms with Gasteiger partial charge in [0.05, 0.1) is 22.2 Å². The summed E-state index contributed by atoms with van der Waals surface area (Å²) in [7, 11) is 0. The van der Waals surface area contributed by atoms with Gasteiger partial charge in [-0.15, -0.1) is 0 Å². The van der Waals surface area contributed by atoms with Crippen LogP contribution in [-0.4, -0.2) is 23.9 Å². The lowest BCUT2D eigenvalue weighted by Crippen LogP contribution is -2.40. The minimum absolute atomic E-state index is 0.111. The maximum Gasteiger partial charge on any atom is 0.417 e. The van der Waals surface area contributed by atoms with Gasteiger partial charge in [-0.1, -0.05) is 23.7 Å². The minimum atomic E-state index is -5.08. The average molecular weight is 576 g/mol. The van der Waals surface area contributed by atoms with Crippen LogP contribution in [-0.2, 0) is 12.4 Å². The van der Waals surface area contributed by atoms with Gasteiger partial charge in [0, 0.05) is 12.1 Å². The number of hydrogen-bond donors (Lipinski definition) is 2. The molecule has 0 fully saturated rings. The van der Waals surface area contributed by atoms with Crippen molar-refractivity contribution in [2.24, 2.45) is 0 Å². The number of alkyl halides is 9. The predicted octanol–water partition coefficient (Wildman–Crippen LogP) is 7.91. The molecule has 206 valence electrons. The summed E-state index contributed by atoms with van der Waals surface area (Å²) < 4.78 is 138. The van der Waals surface area contributed by atoms with Crippen molar-refractivity contribution in [1.29, 1.82) is 0 Å². The summed E-state index contributed by atoms with van der Waals surface area (Å²) in [6.07, 6.45) is -17.7. The van der Waals surface area contributed by atoms with Crippen LogP contribution in [0.3, 0.4) is 0 Å². The third-order valence-corrected chi connectivity index (χ3v) is 5.53. The van der Waals surface area contributed by atoms with Gasteiger partial charge in [-0.05, 0) is 54.1 Å². The van der Waals surface area contributed by atoms with E-state index in [2.05, 4.69) is 5.32 Å². The summed E-state index contributed by atoms with van der Waals surface area (Å²) in [5.74, 6) is -1.70. The molecular formula is C24H16ClF10NO2. The summed E-state index contributed by atoms with van der Waals surface area (Å²) >= 11 is 5.57. The van der Waals surface area contributed by atoms with Gasteiger partial charge in [-0.25, -0.2) is 4.39 Å². The van der Waals surface area contributed by atoms with E-state index in [-0.39, 0.29) is 17.1 Å². The molecule has 38 heavy (non-hydrogen) atoms. The standard InChI is InChI=1S/C24H16ClF10NO2/c25-18-6-5-15(10-17(18)23(30,31)32)38-14-3-1-2-12(8-14)21(36-11-20(37)24(33,34)35)16-9-13(22(27,28)29)4-7-19(16)26/h1-10,20-21,36-37H,11H2. The predicted molar refractivity (Wildman–Crippen MR) is 116 cm³/mol. The van der Waals surface area contributed by atoms with E-state index in [0.29, 0.717) is 24.3 Å². The third kappa shape index (κ3) is 7.29. The van der Waals surface area contributed by atoms with E-state index in [1.54, 1.807) is 0 Å². The first-order valence-corrected chi connectivity index (χ1v) is 10.8. The molecule has 0 radical (unpaired) electrons.